The molecule has 0 unspecified atom stereocenters. The number of carboxylic acids is 1. The molecule has 0 spiro atoms. The molecule has 0 bridgehead atoms. The van der Waals surface area contributed by atoms with Crippen molar-refractivity contribution in [3.05, 3.63) is 65.5 Å². The van der Waals surface area contributed by atoms with Crippen LogP contribution in [0, 0.1) is 5.82 Å². The first-order valence-electron chi connectivity index (χ1n) is 8.19. The number of nitrogens with two attached hydrogens (primary N) is 1. The number of rotatable bonds is 5. The van der Waals surface area contributed by atoms with Gasteiger partial charge in [0.2, 0.25) is 5.91 Å². The van der Waals surface area contributed by atoms with Gasteiger partial charge in [-0.05, 0) is 41.8 Å². The lowest BCUT2D eigenvalue weighted by molar-refractivity contribution is -0.144. The second-order valence-electron chi connectivity index (χ2n) is 6.17. The van der Waals surface area contributed by atoms with E-state index in [0.29, 0.717) is 16.2 Å². The van der Waals surface area contributed by atoms with Crippen LogP contribution in [0.2, 0.25) is 0 Å². The summed E-state index contributed by atoms with van der Waals surface area (Å²) < 4.78 is 18.5. The zero-order valence-electron chi connectivity index (χ0n) is 14.2. The summed E-state index contributed by atoms with van der Waals surface area (Å²) in [5.41, 5.74) is 6.52. The van der Waals surface area contributed by atoms with Crippen LogP contribution in [-0.4, -0.2) is 34.0 Å². The number of carbonyl (C=O) groups is 3. The molecule has 2 aromatic carbocycles. The van der Waals surface area contributed by atoms with Gasteiger partial charge in [0.1, 0.15) is 24.2 Å². The summed E-state index contributed by atoms with van der Waals surface area (Å²) in [6.07, 6.45) is -0.0348. The molecule has 0 saturated carbocycles. The Labute approximate surface area is 154 Å². The predicted octanol–water partition coefficient (Wildman–Crippen LogP) is 2.25. The molecule has 140 valence electrons. The molecule has 8 heteroatoms. The largest absolute Gasteiger partial charge is 0.489 e. The molecule has 2 atom stereocenters. The number of imide groups is 1. The number of nitrogens with zero attached hydrogens (tertiary/aromatic N) is 1. The van der Waals surface area contributed by atoms with Crippen molar-refractivity contribution in [2.24, 2.45) is 5.73 Å². The fraction of sp³-hybridized carbons (Fsp3) is 0.211. The van der Waals surface area contributed by atoms with E-state index in [1.807, 2.05) is 0 Å². The van der Waals surface area contributed by atoms with E-state index in [1.54, 1.807) is 36.4 Å². The Balaban J connectivity index is 1.69. The summed E-state index contributed by atoms with van der Waals surface area (Å²) in [6.45, 7) is 0.249. The number of halogens is 1. The van der Waals surface area contributed by atoms with E-state index in [-0.39, 0.29) is 18.8 Å². The summed E-state index contributed by atoms with van der Waals surface area (Å²) in [6, 6.07) is 10.2. The molecule has 0 radical (unpaired) electrons. The maximum atomic E-state index is 12.9. The molecule has 3 N–H and O–H groups in total. The van der Waals surface area contributed by atoms with Gasteiger partial charge in [0.25, 0.3) is 0 Å². The maximum Gasteiger partial charge on any atom is 0.327 e. The van der Waals surface area contributed by atoms with E-state index in [2.05, 4.69) is 0 Å². The molecule has 1 aliphatic rings. The van der Waals surface area contributed by atoms with Gasteiger partial charge >= 0.3 is 12.0 Å². The van der Waals surface area contributed by atoms with Crippen molar-refractivity contribution in [2.75, 3.05) is 0 Å². The number of urea groups is 1. The number of carbonyl (C=O) groups excluding carboxylic acids is 2. The van der Waals surface area contributed by atoms with Gasteiger partial charge in [-0.1, -0.05) is 24.3 Å². The number of hydrogen-bond acceptors (Lipinski definition) is 4. The van der Waals surface area contributed by atoms with Crippen LogP contribution in [0.5, 0.6) is 5.75 Å². The van der Waals surface area contributed by atoms with E-state index in [0.717, 1.165) is 5.56 Å². The monoisotopic (exact) mass is 372 g/mol. The van der Waals surface area contributed by atoms with Crippen molar-refractivity contribution >= 4 is 17.9 Å². The van der Waals surface area contributed by atoms with E-state index in [9.17, 15) is 23.9 Å². The molecule has 0 aliphatic carbocycles. The number of amides is 3. The third-order valence-corrected chi connectivity index (χ3v) is 4.43. The van der Waals surface area contributed by atoms with Crippen LogP contribution in [-0.2, 0) is 16.2 Å². The van der Waals surface area contributed by atoms with Crippen molar-refractivity contribution in [1.29, 1.82) is 0 Å². The minimum atomic E-state index is -1.27. The predicted molar refractivity (Wildman–Crippen MR) is 92.4 cm³/mol. The lowest BCUT2D eigenvalue weighted by atomic mass is 9.96. The number of carboxylic acid groups (broad SMARTS) is 1. The molecule has 1 fully saturated rings. The van der Waals surface area contributed by atoms with Crippen LogP contribution < -0.4 is 10.5 Å². The van der Waals surface area contributed by atoms with Gasteiger partial charge in [-0.2, -0.15) is 0 Å². The highest BCUT2D eigenvalue weighted by molar-refractivity contribution is 6.03. The van der Waals surface area contributed by atoms with Gasteiger partial charge < -0.3 is 15.6 Å². The Bertz CT molecular complexity index is 867. The highest BCUT2D eigenvalue weighted by Gasteiger charge is 2.46. The minimum Gasteiger partial charge on any atom is -0.489 e. The molecule has 2 aromatic rings. The second kappa shape index (κ2) is 7.45. The fourth-order valence-corrected chi connectivity index (χ4v) is 3.05. The molecular formula is C19H17FN2O5. The number of aliphatic carboxylic acids is 1. The third kappa shape index (κ3) is 3.89. The van der Waals surface area contributed by atoms with E-state index in [4.69, 9.17) is 10.5 Å². The van der Waals surface area contributed by atoms with Crippen molar-refractivity contribution in [2.45, 2.75) is 25.0 Å². The van der Waals surface area contributed by atoms with Crippen LogP contribution in [0.15, 0.2) is 48.5 Å². The third-order valence-electron chi connectivity index (χ3n) is 4.43. The van der Waals surface area contributed by atoms with Crippen LogP contribution in [0.25, 0.3) is 0 Å². The summed E-state index contributed by atoms with van der Waals surface area (Å²) in [5.74, 6) is -2.45. The van der Waals surface area contributed by atoms with Gasteiger partial charge in [0.05, 0.1) is 5.92 Å². The van der Waals surface area contributed by atoms with Crippen molar-refractivity contribution in [1.82, 2.24) is 4.90 Å². The topological polar surface area (TPSA) is 110 Å². The van der Waals surface area contributed by atoms with E-state index >= 15 is 0 Å². The van der Waals surface area contributed by atoms with Gasteiger partial charge in [0, 0.05) is 0 Å². The number of hydrogen-bond donors (Lipinski definition) is 2. The minimum absolute atomic E-state index is 0.0348. The Morgan fingerprint density at radius 1 is 1.15 bits per heavy atom. The molecule has 0 aromatic heterocycles. The Kier molecular flexibility index (Phi) is 5.07. The van der Waals surface area contributed by atoms with Crippen molar-refractivity contribution < 1.29 is 28.6 Å². The summed E-state index contributed by atoms with van der Waals surface area (Å²) in [4.78, 5) is 35.7. The zero-order chi connectivity index (χ0) is 19.6. The second-order valence-corrected chi connectivity index (χ2v) is 6.17. The Hall–Kier alpha value is -3.42. The Morgan fingerprint density at radius 2 is 1.78 bits per heavy atom. The quantitative estimate of drug-likeness (QED) is 0.836. The van der Waals surface area contributed by atoms with Crippen LogP contribution in [0.4, 0.5) is 9.18 Å². The lowest BCUT2D eigenvalue weighted by Crippen LogP contribution is -2.46. The number of benzene rings is 2. The number of primary amides is 1. The van der Waals surface area contributed by atoms with Gasteiger partial charge in [0.15, 0.2) is 0 Å². The van der Waals surface area contributed by atoms with Gasteiger partial charge in [-0.3, -0.25) is 4.79 Å². The van der Waals surface area contributed by atoms with Crippen molar-refractivity contribution in [3.63, 3.8) is 0 Å². The number of likely N-dealkylation sites (tertiary alicyclic amines) is 1. The van der Waals surface area contributed by atoms with Crippen LogP contribution >= 0.6 is 0 Å². The summed E-state index contributed by atoms with van der Waals surface area (Å²) in [7, 11) is 0. The van der Waals surface area contributed by atoms with Crippen LogP contribution in [0.3, 0.4) is 0 Å². The molecule has 1 heterocycles. The average Bonchev–Trinajstić information content (AvgIpc) is 2.99. The average molecular weight is 372 g/mol. The SMILES string of the molecule is NC(=O)N1C(=O)[C@H](c2ccc(OCc3ccc(F)cc3)cc2)C[C@@H]1C(=O)O. The molecule has 27 heavy (non-hydrogen) atoms. The zero-order valence-corrected chi connectivity index (χ0v) is 14.2. The standard InChI is InChI=1S/C19H17FN2O5/c20-13-5-1-11(2-6-13)10-27-14-7-3-12(4-8-14)15-9-16(18(24)25)22(17(15)23)19(21)26/h1-8,15-16H,9-10H2,(H2,21,26)(H,24,25)/t15-,16+/m0/s1. The Morgan fingerprint density at radius 3 is 2.30 bits per heavy atom. The fourth-order valence-electron chi connectivity index (χ4n) is 3.05. The summed E-state index contributed by atoms with van der Waals surface area (Å²) in [5, 5.41) is 9.21. The van der Waals surface area contributed by atoms with Crippen LogP contribution in [0.1, 0.15) is 23.5 Å². The lowest BCUT2D eigenvalue weighted by Gasteiger charge is -2.16. The first kappa shape index (κ1) is 18.4. The molecule has 7 nitrogen and oxygen atoms in total. The first-order valence-corrected chi connectivity index (χ1v) is 8.19. The van der Waals surface area contributed by atoms with Gasteiger partial charge in [-0.15, -0.1) is 0 Å². The normalized spacial score (nSPS) is 19.1. The molecule has 3 amide bonds. The van der Waals surface area contributed by atoms with Crippen molar-refractivity contribution in [3.8, 4) is 5.75 Å². The number of ether oxygens (including phenoxy) is 1. The molecule has 1 saturated heterocycles. The summed E-state index contributed by atoms with van der Waals surface area (Å²) >= 11 is 0. The van der Waals surface area contributed by atoms with Gasteiger partial charge in [-0.25, -0.2) is 18.9 Å². The van der Waals surface area contributed by atoms with E-state index in [1.165, 1.54) is 12.1 Å². The highest BCUT2D eigenvalue weighted by Crippen LogP contribution is 2.34. The molecule has 3 rings (SSSR count). The van der Waals surface area contributed by atoms with E-state index < -0.39 is 29.9 Å². The highest BCUT2D eigenvalue weighted by atomic mass is 19.1. The maximum absolute atomic E-state index is 12.9. The smallest absolute Gasteiger partial charge is 0.327 e. The molecular weight excluding hydrogens is 355 g/mol. The first-order chi connectivity index (χ1) is 12.9. The molecule has 1 aliphatic heterocycles.